The van der Waals surface area contributed by atoms with E-state index in [0.29, 0.717) is 5.91 Å². The van der Waals surface area contributed by atoms with Crippen LogP contribution in [0.15, 0.2) is 0 Å². The van der Waals surface area contributed by atoms with Gasteiger partial charge in [0.2, 0.25) is 5.91 Å². The first-order valence-corrected chi connectivity index (χ1v) is 8.58. The SMILES string of the molecule is O=C(C1CCN(C(=O)N2CCCC2)CC1)N1CCCCC1. The average Bonchev–Trinajstić information content (AvgIpc) is 3.09. The number of likely N-dealkylation sites (tertiary alicyclic amines) is 3. The molecule has 0 radical (unpaired) electrons. The number of hydrogen-bond donors (Lipinski definition) is 0. The second kappa shape index (κ2) is 6.67. The molecule has 0 aromatic rings. The van der Waals surface area contributed by atoms with E-state index in [9.17, 15) is 9.59 Å². The Morgan fingerprint density at radius 3 is 1.71 bits per heavy atom. The maximum Gasteiger partial charge on any atom is 0.319 e. The largest absolute Gasteiger partial charge is 0.342 e. The number of piperidine rings is 2. The molecule has 5 nitrogen and oxygen atoms in total. The highest BCUT2D eigenvalue weighted by molar-refractivity contribution is 5.80. The first-order valence-electron chi connectivity index (χ1n) is 8.58. The summed E-state index contributed by atoms with van der Waals surface area (Å²) in [5.74, 6) is 0.480. The van der Waals surface area contributed by atoms with Gasteiger partial charge in [0.25, 0.3) is 0 Å². The molecule has 5 heteroatoms. The van der Waals surface area contributed by atoms with Crippen LogP contribution in [0.5, 0.6) is 0 Å². The lowest BCUT2D eigenvalue weighted by Gasteiger charge is -2.36. The predicted octanol–water partition coefficient (Wildman–Crippen LogP) is 1.93. The third-order valence-corrected chi connectivity index (χ3v) is 5.16. The van der Waals surface area contributed by atoms with Crippen LogP contribution in [0, 0.1) is 5.92 Å². The van der Waals surface area contributed by atoms with Crippen LogP contribution in [0.4, 0.5) is 4.79 Å². The van der Waals surface area contributed by atoms with E-state index in [0.717, 1.165) is 77.8 Å². The molecule has 0 atom stereocenters. The van der Waals surface area contributed by atoms with Crippen molar-refractivity contribution >= 4 is 11.9 Å². The number of amides is 3. The molecular weight excluding hydrogens is 266 g/mol. The predicted molar refractivity (Wildman–Crippen MR) is 80.9 cm³/mol. The third-order valence-electron chi connectivity index (χ3n) is 5.16. The molecule has 3 aliphatic rings. The van der Waals surface area contributed by atoms with Crippen LogP contribution in [-0.4, -0.2) is 65.9 Å². The van der Waals surface area contributed by atoms with Crippen molar-refractivity contribution < 1.29 is 9.59 Å². The smallest absolute Gasteiger partial charge is 0.319 e. The number of nitrogens with zero attached hydrogens (tertiary/aromatic N) is 3. The lowest BCUT2D eigenvalue weighted by atomic mass is 9.94. The Hall–Kier alpha value is -1.26. The summed E-state index contributed by atoms with van der Waals surface area (Å²) >= 11 is 0. The van der Waals surface area contributed by atoms with Crippen LogP contribution < -0.4 is 0 Å². The Balaban J connectivity index is 1.48. The summed E-state index contributed by atoms with van der Waals surface area (Å²) in [7, 11) is 0. The molecule has 3 amide bonds. The van der Waals surface area contributed by atoms with E-state index in [-0.39, 0.29) is 11.9 Å². The fourth-order valence-corrected chi connectivity index (χ4v) is 3.80. The van der Waals surface area contributed by atoms with Gasteiger partial charge in [-0.2, -0.15) is 0 Å². The van der Waals surface area contributed by atoms with E-state index in [4.69, 9.17) is 0 Å². The van der Waals surface area contributed by atoms with Crippen molar-refractivity contribution in [3.05, 3.63) is 0 Å². The first kappa shape index (κ1) is 14.7. The molecular formula is C16H27N3O2. The normalized spacial score (nSPS) is 24.5. The second-order valence-corrected chi connectivity index (χ2v) is 6.62. The summed E-state index contributed by atoms with van der Waals surface area (Å²) in [4.78, 5) is 30.8. The number of carbonyl (C=O) groups is 2. The zero-order valence-corrected chi connectivity index (χ0v) is 12.9. The molecule has 3 heterocycles. The van der Waals surface area contributed by atoms with E-state index < -0.39 is 0 Å². The molecule has 0 saturated carbocycles. The zero-order chi connectivity index (χ0) is 14.7. The van der Waals surface area contributed by atoms with Gasteiger partial charge in [0.1, 0.15) is 0 Å². The van der Waals surface area contributed by atoms with E-state index in [1.54, 1.807) is 0 Å². The Kier molecular flexibility index (Phi) is 4.66. The van der Waals surface area contributed by atoms with Crippen LogP contribution in [0.3, 0.4) is 0 Å². The number of rotatable bonds is 1. The molecule has 0 unspecified atom stereocenters. The quantitative estimate of drug-likeness (QED) is 0.741. The van der Waals surface area contributed by atoms with E-state index in [1.165, 1.54) is 6.42 Å². The van der Waals surface area contributed by atoms with Crippen molar-refractivity contribution in [3.8, 4) is 0 Å². The first-order chi connectivity index (χ1) is 10.3. The summed E-state index contributed by atoms with van der Waals surface area (Å²) in [6.45, 7) is 5.19. The Labute approximate surface area is 127 Å². The standard InChI is InChI=1S/C16H27N3O2/c20-15(17-8-2-1-3-9-17)14-6-12-19(13-7-14)16(21)18-10-4-5-11-18/h14H,1-13H2. The number of hydrogen-bond acceptors (Lipinski definition) is 2. The third kappa shape index (κ3) is 3.33. The topological polar surface area (TPSA) is 43.9 Å². The monoisotopic (exact) mass is 293 g/mol. The lowest BCUT2D eigenvalue weighted by Crippen LogP contribution is -2.48. The van der Waals surface area contributed by atoms with E-state index >= 15 is 0 Å². The summed E-state index contributed by atoms with van der Waals surface area (Å²) < 4.78 is 0. The molecule has 3 fully saturated rings. The van der Waals surface area contributed by atoms with E-state index in [2.05, 4.69) is 0 Å². The van der Waals surface area contributed by atoms with Gasteiger partial charge < -0.3 is 14.7 Å². The second-order valence-electron chi connectivity index (χ2n) is 6.62. The maximum absolute atomic E-state index is 12.5. The van der Waals surface area contributed by atoms with Crippen LogP contribution in [0.1, 0.15) is 44.9 Å². The fourth-order valence-electron chi connectivity index (χ4n) is 3.80. The highest BCUT2D eigenvalue weighted by Gasteiger charge is 2.32. The Morgan fingerprint density at radius 1 is 0.619 bits per heavy atom. The van der Waals surface area contributed by atoms with Crippen LogP contribution >= 0.6 is 0 Å². The molecule has 21 heavy (non-hydrogen) atoms. The number of carbonyl (C=O) groups excluding carboxylic acids is 2. The zero-order valence-electron chi connectivity index (χ0n) is 12.9. The maximum atomic E-state index is 12.5. The summed E-state index contributed by atoms with van der Waals surface area (Å²) in [6, 6.07) is 0.191. The van der Waals surface area contributed by atoms with Crippen LogP contribution in [0.25, 0.3) is 0 Å². The van der Waals surface area contributed by atoms with Crippen molar-refractivity contribution in [2.75, 3.05) is 39.3 Å². The van der Waals surface area contributed by atoms with Crippen molar-refractivity contribution in [1.82, 2.24) is 14.7 Å². The van der Waals surface area contributed by atoms with Crippen LogP contribution in [0.2, 0.25) is 0 Å². The van der Waals surface area contributed by atoms with Gasteiger partial charge >= 0.3 is 6.03 Å². The van der Waals surface area contributed by atoms with Crippen LogP contribution in [-0.2, 0) is 4.79 Å². The molecule has 0 aromatic carbocycles. The highest BCUT2D eigenvalue weighted by atomic mass is 16.2. The van der Waals surface area contributed by atoms with Crippen molar-refractivity contribution in [1.29, 1.82) is 0 Å². The summed E-state index contributed by atoms with van der Waals surface area (Å²) in [5, 5.41) is 0. The molecule has 0 aliphatic carbocycles. The lowest BCUT2D eigenvalue weighted by molar-refractivity contribution is -0.137. The minimum atomic E-state index is 0.144. The average molecular weight is 293 g/mol. The van der Waals surface area contributed by atoms with Crippen molar-refractivity contribution in [2.45, 2.75) is 44.9 Å². The van der Waals surface area contributed by atoms with Gasteiger partial charge in [-0.05, 0) is 44.9 Å². The highest BCUT2D eigenvalue weighted by Crippen LogP contribution is 2.23. The molecule has 3 aliphatic heterocycles. The van der Waals surface area contributed by atoms with E-state index in [1.807, 2.05) is 14.7 Å². The summed E-state index contributed by atoms with van der Waals surface area (Å²) in [6.07, 6.45) is 7.51. The van der Waals surface area contributed by atoms with Gasteiger partial charge in [-0.3, -0.25) is 4.79 Å². The Bertz CT molecular complexity index is 379. The molecule has 3 rings (SSSR count). The molecule has 0 N–H and O–H groups in total. The van der Waals surface area contributed by atoms with Gasteiger partial charge in [-0.15, -0.1) is 0 Å². The number of urea groups is 1. The van der Waals surface area contributed by atoms with Gasteiger partial charge in [0.15, 0.2) is 0 Å². The molecule has 0 spiro atoms. The van der Waals surface area contributed by atoms with Crippen molar-refractivity contribution in [3.63, 3.8) is 0 Å². The summed E-state index contributed by atoms with van der Waals surface area (Å²) in [5.41, 5.74) is 0. The van der Waals surface area contributed by atoms with Gasteiger partial charge in [-0.1, -0.05) is 0 Å². The molecule has 0 aromatic heterocycles. The molecule has 3 saturated heterocycles. The molecule has 118 valence electrons. The molecule has 0 bridgehead atoms. The minimum absolute atomic E-state index is 0.144. The van der Waals surface area contributed by atoms with Crippen molar-refractivity contribution in [2.24, 2.45) is 5.92 Å². The van der Waals surface area contributed by atoms with Gasteiger partial charge in [0, 0.05) is 45.2 Å². The minimum Gasteiger partial charge on any atom is -0.342 e. The van der Waals surface area contributed by atoms with Gasteiger partial charge in [0.05, 0.1) is 0 Å². The fraction of sp³-hybridized carbons (Fsp3) is 0.875. The van der Waals surface area contributed by atoms with Gasteiger partial charge in [-0.25, -0.2) is 4.79 Å². The Morgan fingerprint density at radius 2 is 1.10 bits per heavy atom.